The summed E-state index contributed by atoms with van der Waals surface area (Å²) in [6.07, 6.45) is 61.0. The summed E-state index contributed by atoms with van der Waals surface area (Å²) in [5, 5.41) is 14.0. The third-order valence-electron chi connectivity index (χ3n) is 13.8. The number of hydrogen-bond donors (Lipinski definition) is 2. The average Bonchev–Trinajstić information content (AvgIpc) is 3.29. The summed E-state index contributed by atoms with van der Waals surface area (Å²) >= 11 is 0. The number of aliphatic hydroxyl groups is 1. The van der Waals surface area contributed by atoms with Crippen LogP contribution in [0.5, 0.6) is 0 Å². The van der Waals surface area contributed by atoms with Gasteiger partial charge in [0.2, 0.25) is 5.91 Å². The van der Waals surface area contributed by atoms with Crippen molar-refractivity contribution in [1.29, 1.82) is 0 Å². The van der Waals surface area contributed by atoms with Crippen molar-refractivity contribution in [2.24, 2.45) is 0 Å². The highest BCUT2D eigenvalue weighted by Gasteiger charge is 2.24. The molecular formula is C58H117N2O6P. The first-order valence-corrected chi connectivity index (χ1v) is 31.0. The van der Waals surface area contributed by atoms with Crippen LogP contribution in [0.2, 0.25) is 0 Å². The molecule has 0 aliphatic carbocycles. The maximum Gasteiger partial charge on any atom is 0.268 e. The molecule has 0 bridgehead atoms. The molecule has 0 fully saturated rings. The SMILES string of the molecule is CCCCCCCCCC/C=C\CCCCCCCCCCCCCC(=O)NC(COP(=O)([O-])OCC[N+](C)(C)C)C(O)CCCCCCCCCCCCCCCCCCCCCCCC. The van der Waals surface area contributed by atoms with E-state index < -0.39 is 20.0 Å². The van der Waals surface area contributed by atoms with Crippen LogP contribution in [0.25, 0.3) is 0 Å². The van der Waals surface area contributed by atoms with Crippen molar-refractivity contribution in [2.75, 3.05) is 40.9 Å². The van der Waals surface area contributed by atoms with E-state index in [1.54, 1.807) is 0 Å². The Labute approximate surface area is 418 Å². The Morgan fingerprint density at radius 3 is 1.16 bits per heavy atom. The highest BCUT2D eigenvalue weighted by Crippen LogP contribution is 2.38. The van der Waals surface area contributed by atoms with Crippen LogP contribution in [0.1, 0.15) is 303 Å². The van der Waals surface area contributed by atoms with Crippen molar-refractivity contribution in [1.82, 2.24) is 5.32 Å². The van der Waals surface area contributed by atoms with E-state index >= 15 is 0 Å². The molecule has 0 aliphatic heterocycles. The Hall–Kier alpha value is -0.760. The second-order valence-electron chi connectivity index (χ2n) is 21.7. The van der Waals surface area contributed by atoms with Crippen LogP contribution in [0.15, 0.2) is 12.2 Å². The summed E-state index contributed by atoms with van der Waals surface area (Å²) in [5.74, 6) is -0.160. The number of amides is 1. The first kappa shape index (κ1) is 66.2. The Kier molecular flexibility index (Phi) is 49.6. The molecule has 67 heavy (non-hydrogen) atoms. The maximum absolute atomic E-state index is 13.0. The van der Waals surface area contributed by atoms with E-state index in [1.807, 2.05) is 21.1 Å². The molecule has 0 saturated heterocycles. The zero-order chi connectivity index (χ0) is 49.2. The number of aliphatic hydroxyl groups excluding tert-OH is 1. The lowest BCUT2D eigenvalue weighted by Crippen LogP contribution is -2.46. The lowest BCUT2D eigenvalue weighted by atomic mass is 10.0. The van der Waals surface area contributed by atoms with E-state index in [0.29, 0.717) is 23.9 Å². The predicted octanol–water partition coefficient (Wildman–Crippen LogP) is 17.2. The number of carbonyl (C=O) groups excluding carboxylic acids is 1. The molecule has 9 heteroatoms. The van der Waals surface area contributed by atoms with E-state index in [0.717, 1.165) is 38.5 Å². The number of phosphoric ester groups is 1. The molecule has 0 aromatic rings. The van der Waals surface area contributed by atoms with Crippen LogP contribution in [0.4, 0.5) is 0 Å². The molecule has 0 rings (SSSR count). The quantitative estimate of drug-likeness (QED) is 0.0272. The summed E-state index contributed by atoms with van der Waals surface area (Å²) in [7, 11) is 1.32. The normalized spacial score (nSPS) is 14.0. The van der Waals surface area contributed by atoms with Gasteiger partial charge in [-0.2, -0.15) is 0 Å². The minimum atomic E-state index is -4.57. The van der Waals surface area contributed by atoms with Gasteiger partial charge < -0.3 is 28.8 Å². The molecule has 3 atom stereocenters. The highest BCUT2D eigenvalue weighted by molar-refractivity contribution is 7.45. The van der Waals surface area contributed by atoms with Gasteiger partial charge in [-0.25, -0.2) is 0 Å². The molecular weight excluding hydrogens is 852 g/mol. The number of allylic oxidation sites excluding steroid dienone is 2. The standard InChI is InChI=1S/C58H117N2O6P/c1-6-8-10-12-14-16-18-20-22-24-26-28-30-32-34-36-38-40-42-44-46-48-50-52-58(62)59-56(55-66-67(63,64)65-54-53-60(3,4)5)57(61)51-49-47-45-43-41-39-37-35-33-31-29-27-25-23-21-19-17-15-13-11-9-7-2/h24,26,56-57,61H,6-23,25,27-55H2,1-5H3,(H-,59,62,63,64)/b26-24-. The van der Waals surface area contributed by atoms with Crippen molar-refractivity contribution >= 4 is 13.7 Å². The van der Waals surface area contributed by atoms with Gasteiger partial charge in [0.15, 0.2) is 0 Å². The third-order valence-corrected chi connectivity index (χ3v) is 14.7. The van der Waals surface area contributed by atoms with Crippen molar-refractivity contribution < 1.29 is 32.9 Å². The summed E-state index contributed by atoms with van der Waals surface area (Å²) in [6.45, 7) is 4.77. The fraction of sp³-hybridized carbons (Fsp3) is 0.948. The molecule has 0 aromatic heterocycles. The van der Waals surface area contributed by atoms with Crippen molar-refractivity contribution in [2.45, 2.75) is 315 Å². The molecule has 0 saturated carbocycles. The van der Waals surface area contributed by atoms with Gasteiger partial charge in [0.1, 0.15) is 13.2 Å². The van der Waals surface area contributed by atoms with E-state index in [1.165, 1.54) is 238 Å². The molecule has 2 N–H and O–H groups in total. The first-order valence-electron chi connectivity index (χ1n) is 29.5. The Balaban J connectivity index is 4.14. The minimum absolute atomic E-state index is 0.0148. The maximum atomic E-state index is 13.0. The molecule has 0 heterocycles. The van der Waals surface area contributed by atoms with Gasteiger partial charge in [-0.1, -0.05) is 270 Å². The fourth-order valence-electron chi connectivity index (χ4n) is 9.10. The number of phosphoric acid groups is 1. The van der Waals surface area contributed by atoms with Crippen molar-refractivity contribution in [3.8, 4) is 0 Å². The van der Waals surface area contributed by atoms with E-state index in [9.17, 15) is 19.4 Å². The van der Waals surface area contributed by atoms with Gasteiger partial charge in [-0.05, 0) is 38.5 Å². The largest absolute Gasteiger partial charge is 0.756 e. The molecule has 0 spiro atoms. The summed E-state index contributed by atoms with van der Waals surface area (Å²) in [4.78, 5) is 25.5. The number of quaternary nitrogens is 1. The Morgan fingerprint density at radius 1 is 0.507 bits per heavy atom. The second kappa shape index (κ2) is 50.2. The molecule has 0 radical (unpaired) electrons. The van der Waals surface area contributed by atoms with E-state index in [-0.39, 0.29) is 19.1 Å². The van der Waals surface area contributed by atoms with E-state index in [4.69, 9.17) is 9.05 Å². The summed E-state index contributed by atoms with van der Waals surface area (Å²) in [5.41, 5.74) is 0. The summed E-state index contributed by atoms with van der Waals surface area (Å²) in [6, 6.07) is -0.798. The van der Waals surface area contributed by atoms with Crippen molar-refractivity contribution in [3.05, 3.63) is 12.2 Å². The van der Waals surface area contributed by atoms with Gasteiger partial charge in [0, 0.05) is 6.42 Å². The van der Waals surface area contributed by atoms with Crippen molar-refractivity contribution in [3.63, 3.8) is 0 Å². The van der Waals surface area contributed by atoms with Crippen LogP contribution in [0, 0.1) is 0 Å². The van der Waals surface area contributed by atoms with Crippen LogP contribution in [-0.2, 0) is 18.4 Å². The van der Waals surface area contributed by atoms with Gasteiger partial charge in [0.05, 0.1) is 39.9 Å². The third kappa shape index (κ3) is 52.9. The summed E-state index contributed by atoms with van der Waals surface area (Å²) < 4.78 is 23.4. The number of likely N-dealkylation sites (N-methyl/N-ethyl adjacent to an activating group) is 1. The highest BCUT2D eigenvalue weighted by atomic mass is 31.2. The number of nitrogens with zero attached hydrogens (tertiary/aromatic N) is 1. The topological polar surface area (TPSA) is 108 Å². The zero-order valence-corrected chi connectivity index (χ0v) is 46.5. The monoisotopic (exact) mass is 969 g/mol. The number of hydrogen-bond acceptors (Lipinski definition) is 6. The fourth-order valence-corrected chi connectivity index (χ4v) is 9.82. The number of rotatable bonds is 55. The molecule has 400 valence electrons. The number of carbonyl (C=O) groups is 1. The van der Waals surface area contributed by atoms with Gasteiger partial charge in [0.25, 0.3) is 7.82 Å². The lowest BCUT2D eigenvalue weighted by Gasteiger charge is -2.30. The van der Waals surface area contributed by atoms with E-state index in [2.05, 4.69) is 31.3 Å². The van der Waals surface area contributed by atoms with Crippen LogP contribution < -0.4 is 10.2 Å². The number of unbranched alkanes of at least 4 members (excludes halogenated alkanes) is 40. The number of nitrogens with one attached hydrogen (secondary N) is 1. The smallest absolute Gasteiger partial charge is 0.268 e. The molecule has 8 nitrogen and oxygen atoms in total. The second-order valence-corrected chi connectivity index (χ2v) is 23.1. The lowest BCUT2D eigenvalue weighted by molar-refractivity contribution is -0.870. The molecule has 3 unspecified atom stereocenters. The predicted molar refractivity (Wildman–Crippen MR) is 289 cm³/mol. The van der Waals surface area contributed by atoms with Gasteiger partial charge in [-0.3, -0.25) is 9.36 Å². The average molecular weight is 970 g/mol. The van der Waals surface area contributed by atoms with Crippen LogP contribution >= 0.6 is 7.82 Å². The van der Waals surface area contributed by atoms with Crippen LogP contribution in [-0.4, -0.2) is 68.5 Å². The Morgan fingerprint density at radius 2 is 0.821 bits per heavy atom. The zero-order valence-electron chi connectivity index (χ0n) is 45.6. The molecule has 0 aromatic carbocycles. The minimum Gasteiger partial charge on any atom is -0.756 e. The molecule has 0 aliphatic rings. The van der Waals surface area contributed by atoms with Crippen LogP contribution in [0.3, 0.4) is 0 Å². The first-order chi connectivity index (χ1) is 32.5. The van der Waals surface area contributed by atoms with Gasteiger partial charge >= 0.3 is 0 Å². The Bertz CT molecular complexity index is 1100. The van der Waals surface area contributed by atoms with Gasteiger partial charge in [-0.15, -0.1) is 0 Å². The molecule has 1 amide bonds.